The van der Waals surface area contributed by atoms with Crippen molar-refractivity contribution in [2.45, 2.75) is 0 Å². The van der Waals surface area contributed by atoms with Crippen molar-refractivity contribution in [2.75, 3.05) is 4.90 Å². The second-order valence-electron chi connectivity index (χ2n) is 13.7. The Morgan fingerprint density at radius 1 is 0.358 bits per heavy atom. The molecule has 0 saturated heterocycles. The summed E-state index contributed by atoms with van der Waals surface area (Å²) in [7, 11) is 0. The van der Waals surface area contributed by atoms with E-state index < -0.39 is 0 Å². The van der Waals surface area contributed by atoms with Gasteiger partial charge in [-0.15, -0.1) is 11.3 Å². The number of hydrogen-bond acceptors (Lipinski definition) is 3. The standard InChI is InChI=1S/C50H31NOS/c1-2-9-40-33(8-1)16-17-36-30-39(27-28-41(36)40)51(37-23-18-32(19-24-37)35-22-29-49-46(31-35)44-11-4-6-15-48(44)53-49)38-25-20-34(21-26-38)42-12-7-13-45-43-10-3-5-14-47(43)52-50(42)45/h1-31H. The number of para-hydroxylation sites is 2. The molecule has 0 unspecified atom stereocenters. The van der Waals surface area contributed by atoms with E-state index in [-0.39, 0.29) is 0 Å². The van der Waals surface area contributed by atoms with E-state index >= 15 is 0 Å². The largest absolute Gasteiger partial charge is 0.455 e. The quantitative estimate of drug-likeness (QED) is 0.167. The van der Waals surface area contributed by atoms with Crippen molar-refractivity contribution in [1.29, 1.82) is 0 Å². The number of anilines is 3. The summed E-state index contributed by atoms with van der Waals surface area (Å²) in [6.07, 6.45) is 0. The Morgan fingerprint density at radius 2 is 0.981 bits per heavy atom. The van der Waals surface area contributed by atoms with Gasteiger partial charge in [0.1, 0.15) is 11.2 Å². The molecular formula is C50H31NOS. The fourth-order valence-corrected chi connectivity index (χ4v) is 9.15. The Morgan fingerprint density at radius 3 is 1.83 bits per heavy atom. The molecule has 0 saturated carbocycles. The van der Waals surface area contributed by atoms with Crippen molar-refractivity contribution in [3.63, 3.8) is 0 Å². The van der Waals surface area contributed by atoms with Crippen LogP contribution in [-0.4, -0.2) is 0 Å². The molecule has 0 bridgehead atoms. The minimum absolute atomic E-state index is 0.911. The topological polar surface area (TPSA) is 16.4 Å². The molecule has 0 amide bonds. The van der Waals surface area contributed by atoms with Crippen molar-refractivity contribution in [2.24, 2.45) is 0 Å². The maximum absolute atomic E-state index is 6.40. The van der Waals surface area contributed by atoms with Gasteiger partial charge in [0.25, 0.3) is 0 Å². The molecule has 2 aromatic heterocycles. The van der Waals surface area contributed by atoms with Gasteiger partial charge in [0.15, 0.2) is 0 Å². The number of benzene rings is 9. The molecule has 0 radical (unpaired) electrons. The molecule has 0 fully saturated rings. The Kier molecular flexibility index (Phi) is 6.76. The SMILES string of the molecule is c1ccc2c(c1)ccc1cc(N(c3ccc(-c4ccc5sc6ccccc6c5c4)cc3)c3ccc(-c4cccc5c4oc4ccccc45)cc3)ccc12. The highest BCUT2D eigenvalue weighted by Gasteiger charge is 2.17. The van der Waals surface area contributed by atoms with E-state index in [9.17, 15) is 0 Å². The highest BCUT2D eigenvalue weighted by Crippen LogP contribution is 2.42. The summed E-state index contributed by atoms with van der Waals surface area (Å²) in [4.78, 5) is 2.36. The third-order valence-electron chi connectivity index (χ3n) is 10.7. The van der Waals surface area contributed by atoms with Gasteiger partial charge in [-0.3, -0.25) is 0 Å². The summed E-state index contributed by atoms with van der Waals surface area (Å²) in [5.74, 6) is 0. The van der Waals surface area contributed by atoms with Gasteiger partial charge in [-0.2, -0.15) is 0 Å². The molecule has 0 N–H and O–H groups in total. The van der Waals surface area contributed by atoms with E-state index in [4.69, 9.17) is 4.42 Å². The average molecular weight is 694 g/mol. The fraction of sp³-hybridized carbons (Fsp3) is 0. The van der Waals surface area contributed by atoms with Crippen molar-refractivity contribution in [3.8, 4) is 22.3 Å². The minimum Gasteiger partial charge on any atom is -0.455 e. The molecule has 3 heteroatoms. The van der Waals surface area contributed by atoms with Gasteiger partial charge in [-0.25, -0.2) is 0 Å². The van der Waals surface area contributed by atoms with Crippen LogP contribution in [0.1, 0.15) is 0 Å². The fourth-order valence-electron chi connectivity index (χ4n) is 8.06. The van der Waals surface area contributed by atoms with Crippen LogP contribution in [0.3, 0.4) is 0 Å². The highest BCUT2D eigenvalue weighted by molar-refractivity contribution is 7.25. The number of furan rings is 1. The third-order valence-corrected chi connectivity index (χ3v) is 11.8. The van der Waals surface area contributed by atoms with Gasteiger partial charge in [0.2, 0.25) is 0 Å². The Labute approximate surface area is 310 Å². The Hall–Kier alpha value is -6.68. The predicted octanol–water partition coefficient (Wildman–Crippen LogP) is 15.1. The van der Waals surface area contributed by atoms with Crippen LogP contribution in [0.5, 0.6) is 0 Å². The smallest absolute Gasteiger partial charge is 0.143 e. The predicted molar refractivity (Wildman–Crippen MR) is 227 cm³/mol. The van der Waals surface area contributed by atoms with Gasteiger partial charge in [-0.1, -0.05) is 127 Å². The molecule has 2 nitrogen and oxygen atoms in total. The number of nitrogens with zero attached hydrogens (tertiary/aromatic N) is 1. The molecule has 0 spiro atoms. The first-order chi connectivity index (χ1) is 26.2. The zero-order valence-corrected chi connectivity index (χ0v) is 29.5. The summed E-state index contributed by atoms with van der Waals surface area (Å²) < 4.78 is 9.05. The van der Waals surface area contributed by atoms with Gasteiger partial charge < -0.3 is 9.32 Å². The number of thiophene rings is 1. The zero-order chi connectivity index (χ0) is 34.9. The van der Waals surface area contributed by atoms with Gasteiger partial charge in [0.05, 0.1) is 0 Å². The molecule has 0 aliphatic carbocycles. The number of fused-ring (bicyclic) bond motifs is 9. The summed E-state index contributed by atoms with van der Waals surface area (Å²) in [5.41, 5.74) is 9.76. The van der Waals surface area contributed by atoms with Crippen LogP contribution in [0.2, 0.25) is 0 Å². The molecular weight excluding hydrogens is 663 g/mol. The lowest BCUT2D eigenvalue weighted by Gasteiger charge is -2.26. The van der Waals surface area contributed by atoms with E-state index in [1.807, 2.05) is 23.5 Å². The normalized spacial score (nSPS) is 11.8. The van der Waals surface area contributed by atoms with Crippen LogP contribution >= 0.6 is 11.3 Å². The molecule has 0 atom stereocenters. The van der Waals surface area contributed by atoms with Crippen LogP contribution in [0, 0.1) is 0 Å². The molecule has 2 heterocycles. The van der Waals surface area contributed by atoms with Crippen molar-refractivity contribution < 1.29 is 4.42 Å². The first-order valence-corrected chi connectivity index (χ1v) is 18.8. The lowest BCUT2D eigenvalue weighted by molar-refractivity contribution is 0.670. The van der Waals surface area contributed by atoms with E-state index in [1.54, 1.807) is 0 Å². The summed E-state index contributed by atoms with van der Waals surface area (Å²) in [6, 6.07) is 68.1. The summed E-state index contributed by atoms with van der Waals surface area (Å²) >= 11 is 1.86. The molecule has 248 valence electrons. The maximum atomic E-state index is 6.40. The molecule has 53 heavy (non-hydrogen) atoms. The third kappa shape index (κ3) is 4.93. The van der Waals surface area contributed by atoms with Crippen molar-refractivity contribution in [1.82, 2.24) is 0 Å². The second kappa shape index (κ2) is 11.9. The van der Waals surface area contributed by atoms with Crippen LogP contribution in [0.25, 0.3) is 85.9 Å². The zero-order valence-electron chi connectivity index (χ0n) is 28.7. The van der Waals surface area contributed by atoms with Gasteiger partial charge in [-0.05, 0) is 98.9 Å². The van der Waals surface area contributed by atoms with Crippen LogP contribution in [0.4, 0.5) is 17.1 Å². The van der Waals surface area contributed by atoms with E-state index in [1.165, 1.54) is 52.8 Å². The van der Waals surface area contributed by atoms with Crippen molar-refractivity contribution in [3.05, 3.63) is 188 Å². The van der Waals surface area contributed by atoms with Gasteiger partial charge >= 0.3 is 0 Å². The van der Waals surface area contributed by atoms with Gasteiger partial charge in [0, 0.05) is 53.6 Å². The lowest BCUT2D eigenvalue weighted by atomic mass is 10.00. The first-order valence-electron chi connectivity index (χ1n) is 18.0. The van der Waals surface area contributed by atoms with E-state index in [0.29, 0.717) is 0 Å². The number of rotatable bonds is 5. The Bertz CT molecular complexity index is 3170. The first kappa shape index (κ1) is 30.0. The summed E-state index contributed by atoms with van der Waals surface area (Å²) in [6.45, 7) is 0. The van der Waals surface area contributed by atoms with E-state index in [0.717, 1.165) is 50.1 Å². The average Bonchev–Trinajstić information content (AvgIpc) is 3.80. The van der Waals surface area contributed by atoms with E-state index in [2.05, 4.69) is 181 Å². The molecule has 11 rings (SSSR count). The van der Waals surface area contributed by atoms with Crippen LogP contribution in [0.15, 0.2) is 192 Å². The lowest BCUT2D eigenvalue weighted by Crippen LogP contribution is -2.09. The minimum atomic E-state index is 0.911. The van der Waals surface area contributed by atoms with Crippen LogP contribution in [-0.2, 0) is 0 Å². The monoisotopic (exact) mass is 693 g/mol. The number of hydrogen-bond donors (Lipinski definition) is 0. The Balaban J connectivity index is 1.02. The van der Waals surface area contributed by atoms with Crippen LogP contribution < -0.4 is 4.90 Å². The molecule has 11 aromatic rings. The molecule has 9 aromatic carbocycles. The van der Waals surface area contributed by atoms with Crippen molar-refractivity contribution >= 4 is 92.1 Å². The highest BCUT2D eigenvalue weighted by atomic mass is 32.1. The summed E-state index contributed by atoms with van der Waals surface area (Å²) in [5, 5.41) is 9.91. The molecule has 0 aliphatic heterocycles. The molecule has 0 aliphatic rings. The second-order valence-corrected chi connectivity index (χ2v) is 14.8. The maximum Gasteiger partial charge on any atom is 0.143 e.